The molecule has 94 valence electrons. The number of rotatable bonds is 2. The Morgan fingerprint density at radius 2 is 2.00 bits per heavy atom. The Labute approximate surface area is 108 Å². The summed E-state index contributed by atoms with van der Waals surface area (Å²) in [5, 5.41) is 3.32. The van der Waals surface area contributed by atoms with E-state index in [0.717, 1.165) is 37.4 Å². The first-order chi connectivity index (χ1) is 8.90. The monoisotopic (exact) mass is 242 g/mol. The molecule has 0 amide bonds. The number of nitrogens with one attached hydrogen (secondary N) is 1. The van der Waals surface area contributed by atoms with Gasteiger partial charge in [-0.3, -0.25) is 0 Å². The summed E-state index contributed by atoms with van der Waals surface area (Å²) in [6.07, 6.45) is 6.76. The van der Waals surface area contributed by atoms with Crippen molar-refractivity contribution in [1.29, 1.82) is 0 Å². The molecule has 1 N–H and O–H groups in total. The molecule has 0 bridgehead atoms. The average Bonchev–Trinajstić information content (AvgIpc) is 3.23. The maximum absolute atomic E-state index is 5.85. The van der Waals surface area contributed by atoms with Crippen LogP contribution in [0.4, 0.5) is 0 Å². The second kappa shape index (κ2) is 5.41. The Kier molecular flexibility index (Phi) is 3.47. The van der Waals surface area contributed by atoms with Gasteiger partial charge in [0.15, 0.2) is 0 Å². The lowest BCUT2D eigenvalue weighted by Gasteiger charge is -2.23. The van der Waals surface area contributed by atoms with E-state index in [1.807, 2.05) is 18.3 Å². The van der Waals surface area contributed by atoms with Gasteiger partial charge < -0.3 is 10.1 Å². The van der Waals surface area contributed by atoms with Crippen molar-refractivity contribution in [2.75, 3.05) is 13.1 Å². The van der Waals surface area contributed by atoms with Gasteiger partial charge in [-0.25, -0.2) is 4.98 Å². The summed E-state index contributed by atoms with van der Waals surface area (Å²) >= 11 is 0. The fraction of sp³-hybridized carbons (Fsp3) is 0.533. The van der Waals surface area contributed by atoms with Crippen LogP contribution in [0.5, 0.6) is 5.88 Å². The van der Waals surface area contributed by atoms with Crippen LogP contribution < -0.4 is 10.1 Å². The first-order valence-corrected chi connectivity index (χ1v) is 6.75. The normalized spacial score (nSPS) is 20.0. The van der Waals surface area contributed by atoms with Gasteiger partial charge in [0.05, 0.1) is 0 Å². The zero-order chi connectivity index (χ0) is 12.2. The Morgan fingerprint density at radius 3 is 2.67 bits per heavy atom. The molecule has 0 spiro atoms. The molecule has 2 fully saturated rings. The molecule has 18 heavy (non-hydrogen) atoms. The van der Waals surface area contributed by atoms with Crippen LogP contribution in [0.1, 0.15) is 31.2 Å². The van der Waals surface area contributed by atoms with E-state index < -0.39 is 0 Å². The standard InChI is InChI=1S/C15H18N2O/c1-2-12(1)3-4-13-5-6-15(17-11-13)18-14-7-9-16-10-8-14/h5-6,11-12,14,16H,1-2,7-10H2. The van der Waals surface area contributed by atoms with Gasteiger partial charge in [-0.05, 0) is 44.8 Å². The number of pyridine rings is 1. The minimum atomic E-state index is 0.308. The summed E-state index contributed by atoms with van der Waals surface area (Å²) in [6, 6.07) is 3.93. The predicted octanol–water partition coefficient (Wildman–Crippen LogP) is 1.97. The number of aromatic nitrogens is 1. The maximum Gasteiger partial charge on any atom is 0.213 e. The zero-order valence-electron chi connectivity index (χ0n) is 10.5. The van der Waals surface area contributed by atoms with Crippen molar-refractivity contribution in [1.82, 2.24) is 10.3 Å². The first-order valence-electron chi connectivity index (χ1n) is 6.75. The molecule has 0 unspecified atom stereocenters. The minimum absolute atomic E-state index is 0.308. The van der Waals surface area contributed by atoms with Crippen LogP contribution in [-0.4, -0.2) is 24.2 Å². The first kappa shape index (κ1) is 11.6. The molecule has 1 aliphatic carbocycles. The molecular formula is C15H18N2O. The summed E-state index contributed by atoms with van der Waals surface area (Å²) in [4.78, 5) is 4.33. The summed E-state index contributed by atoms with van der Waals surface area (Å²) in [5.41, 5.74) is 0.986. The lowest BCUT2D eigenvalue weighted by molar-refractivity contribution is 0.156. The summed E-state index contributed by atoms with van der Waals surface area (Å²) < 4.78 is 5.85. The second-order valence-electron chi connectivity index (χ2n) is 5.00. The van der Waals surface area contributed by atoms with Crippen LogP contribution in [-0.2, 0) is 0 Å². The van der Waals surface area contributed by atoms with Crippen LogP contribution in [0.3, 0.4) is 0 Å². The zero-order valence-corrected chi connectivity index (χ0v) is 10.5. The maximum atomic E-state index is 5.85. The molecule has 1 aliphatic heterocycles. The highest BCUT2D eigenvalue weighted by Gasteiger charge is 2.17. The molecule has 2 heterocycles. The molecular weight excluding hydrogens is 224 g/mol. The second-order valence-corrected chi connectivity index (χ2v) is 5.00. The number of nitrogens with zero attached hydrogens (tertiary/aromatic N) is 1. The highest BCUT2D eigenvalue weighted by atomic mass is 16.5. The van der Waals surface area contributed by atoms with E-state index >= 15 is 0 Å². The van der Waals surface area contributed by atoms with E-state index in [1.165, 1.54) is 12.8 Å². The van der Waals surface area contributed by atoms with Crippen molar-refractivity contribution >= 4 is 0 Å². The van der Waals surface area contributed by atoms with E-state index in [0.29, 0.717) is 12.0 Å². The van der Waals surface area contributed by atoms with Gasteiger partial charge in [0.2, 0.25) is 5.88 Å². The molecule has 1 saturated carbocycles. The number of hydrogen-bond donors (Lipinski definition) is 1. The van der Waals surface area contributed by atoms with E-state index in [9.17, 15) is 0 Å². The Balaban J connectivity index is 1.58. The molecule has 3 rings (SSSR count). The molecule has 1 aromatic rings. The SMILES string of the molecule is C(#CC1CC1)c1ccc(OC2CCNCC2)nc1. The third-order valence-corrected chi connectivity index (χ3v) is 3.31. The quantitative estimate of drug-likeness (QED) is 0.805. The van der Waals surface area contributed by atoms with E-state index in [2.05, 4.69) is 22.1 Å². The van der Waals surface area contributed by atoms with Gasteiger partial charge in [0.1, 0.15) is 6.10 Å². The van der Waals surface area contributed by atoms with Crippen LogP contribution in [0, 0.1) is 17.8 Å². The third kappa shape index (κ3) is 3.24. The number of piperidine rings is 1. The van der Waals surface area contributed by atoms with E-state index in [4.69, 9.17) is 4.74 Å². The Bertz CT molecular complexity index is 448. The average molecular weight is 242 g/mol. The van der Waals surface area contributed by atoms with Gasteiger partial charge in [-0.1, -0.05) is 11.8 Å². The summed E-state index contributed by atoms with van der Waals surface area (Å²) in [7, 11) is 0. The highest BCUT2D eigenvalue weighted by Crippen LogP contribution is 2.27. The molecule has 1 aromatic heterocycles. The van der Waals surface area contributed by atoms with Gasteiger partial charge in [0.25, 0.3) is 0 Å². The van der Waals surface area contributed by atoms with Gasteiger partial charge >= 0.3 is 0 Å². The Hall–Kier alpha value is -1.53. The molecule has 3 heteroatoms. The largest absolute Gasteiger partial charge is 0.474 e. The molecule has 0 aromatic carbocycles. The van der Waals surface area contributed by atoms with Crippen LogP contribution in [0.15, 0.2) is 18.3 Å². The smallest absolute Gasteiger partial charge is 0.213 e. The fourth-order valence-corrected chi connectivity index (χ4v) is 2.02. The van der Waals surface area contributed by atoms with Gasteiger partial charge in [-0.2, -0.15) is 0 Å². The van der Waals surface area contributed by atoms with E-state index in [1.54, 1.807) is 0 Å². The topological polar surface area (TPSA) is 34.1 Å². The number of ether oxygens (including phenoxy) is 1. The molecule has 1 saturated heterocycles. The van der Waals surface area contributed by atoms with Crippen molar-refractivity contribution in [3.63, 3.8) is 0 Å². The van der Waals surface area contributed by atoms with Gasteiger partial charge in [-0.15, -0.1) is 0 Å². The van der Waals surface area contributed by atoms with E-state index in [-0.39, 0.29) is 0 Å². The predicted molar refractivity (Wildman–Crippen MR) is 70.4 cm³/mol. The van der Waals surface area contributed by atoms with Crippen LogP contribution in [0.25, 0.3) is 0 Å². The van der Waals surface area contributed by atoms with Crippen molar-refractivity contribution in [3.05, 3.63) is 23.9 Å². The molecule has 3 nitrogen and oxygen atoms in total. The summed E-state index contributed by atoms with van der Waals surface area (Å²) in [5.74, 6) is 7.75. The van der Waals surface area contributed by atoms with Crippen molar-refractivity contribution in [2.24, 2.45) is 5.92 Å². The molecule has 2 aliphatic rings. The summed E-state index contributed by atoms with van der Waals surface area (Å²) in [6.45, 7) is 2.07. The molecule has 0 atom stereocenters. The van der Waals surface area contributed by atoms with Crippen LogP contribution in [0.2, 0.25) is 0 Å². The van der Waals surface area contributed by atoms with Crippen molar-refractivity contribution in [2.45, 2.75) is 31.8 Å². The van der Waals surface area contributed by atoms with Crippen molar-refractivity contribution in [3.8, 4) is 17.7 Å². The highest BCUT2D eigenvalue weighted by molar-refractivity contribution is 5.34. The minimum Gasteiger partial charge on any atom is -0.474 e. The lowest BCUT2D eigenvalue weighted by atomic mass is 10.1. The Morgan fingerprint density at radius 1 is 1.17 bits per heavy atom. The van der Waals surface area contributed by atoms with Crippen molar-refractivity contribution < 1.29 is 4.74 Å². The fourth-order valence-electron chi connectivity index (χ4n) is 2.02. The van der Waals surface area contributed by atoms with Crippen LogP contribution >= 0.6 is 0 Å². The lowest BCUT2D eigenvalue weighted by Crippen LogP contribution is -2.34. The molecule has 0 radical (unpaired) electrons. The number of hydrogen-bond acceptors (Lipinski definition) is 3. The van der Waals surface area contributed by atoms with Gasteiger partial charge in [0, 0.05) is 23.7 Å². The third-order valence-electron chi connectivity index (χ3n) is 3.31.